The number of aryl methyl sites for hydroxylation is 1. The van der Waals surface area contributed by atoms with Gasteiger partial charge in [0.05, 0.1) is 11.0 Å². The van der Waals surface area contributed by atoms with Crippen LogP contribution in [-0.2, 0) is 7.05 Å². The number of thiophene rings is 1. The number of thiazole rings is 1. The van der Waals surface area contributed by atoms with Gasteiger partial charge < -0.3 is 9.88 Å². The van der Waals surface area contributed by atoms with E-state index in [4.69, 9.17) is 4.98 Å². The second-order valence-corrected chi connectivity index (χ2v) is 8.52. The number of amides is 1. The third-order valence-electron chi connectivity index (χ3n) is 4.99. The van der Waals surface area contributed by atoms with Crippen molar-refractivity contribution in [3.8, 4) is 10.6 Å². The maximum absolute atomic E-state index is 13.1. The topological polar surface area (TPSA) is 59.8 Å². The molecule has 0 aliphatic heterocycles. The Kier molecular flexibility index (Phi) is 4.90. The van der Waals surface area contributed by atoms with Gasteiger partial charge in [-0.3, -0.25) is 4.79 Å². The summed E-state index contributed by atoms with van der Waals surface area (Å²) < 4.78 is 2.03. The summed E-state index contributed by atoms with van der Waals surface area (Å²) in [5, 5.41) is 9.85. The number of hydrogen-bond donors (Lipinski definition) is 1. The molecule has 5 rings (SSSR count). The smallest absolute Gasteiger partial charge is 0.271 e. The van der Waals surface area contributed by atoms with Gasteiger partial charge in [-0.25, -0.2) is 9.97 Å². The molecule has 3 heterocycles. The van der Waals surface area contributed by atoms with Crippen LogP contribution >= 0.6 is 22.7 Å². The van der Waals surface area contributed by atoms with Crippen molar-refractivity contribution in [2.24, 2.45) is 7.05 Å². The minimum Gasteiger partial charge on any atom is -0.337 e. The molecule has 30 heavy (non-hydrogen) atoms. The van der Waals surface area contributed by atoms with E-state index in [0.29, 0.717) is 5.69 Å². The van der Waals surface area contributed by atoms with Crippen LogP contribution in [0.3, 0.4) is 0 Å². The largest absolute Gasteiger partial charge is 0.337 e. The van der Waals surface area contributed by atoms with Crippen molar-refractivity contribution in [2.45, 2.75) is 6.04 Å². The van der Waals surface area contributed by atoms with Crippen LogP contribution in [0, 0.1) is 0 Å². The first kappa shape index (κ1) is 18.7. The molecule has 0 aliphatic carbocycles. The zero-order valence-electron chi connectivity index (χ0n) is 16.1. The highest BCUT2D eigenvalue weighted by molar-refractivity contribution is 7.14. The third kappa shape index (κ3) is 3.42. The molecule has 0 saturated carbocycles. The van der Waals surface area contributed by atoms with Crippen LogP contribution < -0.4 is 5.32 Å². The van der Waals surface area contributed by atoms with Crippen LogP contribution in [0.25, 0.3) is 21.6 Å². The molecule has 3 aromatic heterocycles. The highest BCUT2D eigenvalue weighted by atomic mass is 32.1. The van der Waals surface area contributed by atoms with E-state index in [9.17, 15) is 4.79 Å². The normalized spacial score (nSPS) is 12.2. The summed E-state index contributed by atoms with van der Waals surface area (Å²) in [5.41, 5.74) is 4.35. The molecule has 0 saturated heterocycles. The Bertz CT molecular complexity index is 1310. The van der Waals surface area contributed by atoms with Crippen molar-refractivity contribution in [1.82, 2.24) is 19.9 Å². The number of aromatic nitrogens is 3. The number of nitrogens with one attached hydrogen (secondary N) is 1. The lowest BCUT2D eigenvalue weighted by Gasteiger charge is -2.18. The van der Waals surface area contributed by atoms with Gasteiger partial charge >= 0.3 is 0 Å². The number of para-hydroxylation sites is 2. The molecule has 7 heteroatoms. The fraction of sp³-hybridized carbons (Fsp3) is 0.0870. The Morgan fingerprint density at radius 1 is 1.00 bits per heavy atom. The van der Waals surface area contributed by atoms with Gasteiger partial charge in [-0.05, 0) is 29.1 Å². The summed E-state index contributed by atoms with van der Waals surface area (Å²) in [6.07, 6.45) is 0. The van der Waals surface area contributed by atoms with Gasteiger partial charge in [0, 0.05) is 23.4 Å². The quantitative estimate of drug-likeness (QED) is 0.413. The third-order valence-corrected chi connectivity index (χ3v) is 6.57. The number of carbonyl (C=O) groups excluding carboxylic acids is 1. The number of nitrogens with zero attached hydrogens (tertiary/aromatic N) is 3. The Balaban J connectivity index is 1.51. The molecule has 0 fully saturated rings. The fourth-order valence-corrected chi connectivity index (χ4v) is 4.98. The summed E-state index contributed by atoms with van der Waals surface area (Å²) in [4.78, 5) is 22.5. The maximum Gasteiger partial charge on any atom is 0.271 e. The Morgan fingerprint density at radius 2 is 1.80 bits per heavy atom. The highest BCUT2D eigenvalue weighted by Gasteiger charge is 2.24. The van der Waals surface area contributed by atoms with Crippen LogP contribution in [0.15, 0.2) is 76.8 Å². The summed E-state index contributed by atoms with van der Waals surface area (Å²) in [6, 6.07) is 19.5. The van der Waals surface area contributed by atoms with E-state index in [1.165, 1.54) is 11.3 Å². The van der Waals surface area contributed by atoms with Crippen molar-refractivity contribution in [3.63, 3.8) is 0 Å². The average Bonchev–Trinajstić information content (AvgIpc) is 3.53. The fourth-order valence-electron chi connectivity index (χ4n) is 3.47. The predicted octanol–water partition coefficient (Wildman–Crippen LogP) is 5.28. The van der Waals surface area contributed by atoms with Gasteiger partial charge in [-0.15, -0.1) is 11.3 Å². The summed E-state index contributed by atoms with van der Waals surface area (Å²) in [6.45, 7) is 0. The first-order chi connectivity index (χ1) is 14.7. The lowest BCUT2D eigenvalue weighted by Crippen LogP contribution is -2.31. The van der Waals surface area contributed by atoms with Crippen molar-refractivity contribution in [1.29, 1.82) is 0 Å². The Hall–Kier alpha value is -3.29. The second-order valence-electron chi connectivity index (χ2n) is 6.88. The van der Waals surface area contributed by atoms with Gasteiger partial charge in [0.1, 0.15) is 22.6 Å². The van der Waals surface area contributed by atoms with Crippen molar-refractivity contribution >= 4 is 39.6 Å². The highest BCUT2D eigenvalue weighted by Crippen LogP contribution is 2.28. The maximum atomic E-state index is 13.1. The number of fused-ring (bicyclic) bond motifs is 1. The SMILES string of the molecule is Cn1c(C(NC(=O)c2csc(-c3ccsc3)n2)c2ccccc2)nc2ccccc21. The number of benzene rings is 2. The summed E-state index contributed by atoms with van der Waals surface area (Å²) in [7, 11) is 1.98. The first-order valence-corrected chi connectivity index (χ1v) is 11.3. The molecular formula is C23H18N4OS2. The molecule has 148 valence electrons. The minimum atomic E-state index is -0.387. The number of hydrogen-bond acceptors (Lipinski definition) is 5. The summed E-state index contributed by atoms with van der Waals surface area (Å²) >= 11 is 3.09. The zero-order chi connectivity index (χ0) is 20.5. The van der Waals surface area contributed by atoms with Gasteiger partial charge in [-0.2, -0.15) is 11.3 Å². The van der Waals surface area contributed by atoms with E-state index in [1.807, 2.05) is 83.0 Å². The molecular weight excluding hydrogens is 412 g/mol. The standard InChI is InChI=1S/C23H18N4OS2/c1-27-19-10-6-5-9-17(19)24-21(27)20(15-7-3-2-4-8-15)26-22(28)18-14-30-23(25-18)16-11-12-29-13-16/h2-14,20H,1H3,(H,26,28). The molecule has 2 aromatic carbocycles. The molecule has 0 radical (unpaired) electrons. The van der Waals surface area contributed by atoms with Gasteiger partial charge in [-0.1, -0.05) is 42.5 Å². The van der Waals surface area contributed by atoms with Crippen LogP contribution in [0.1, 0.15) is 27.9 Å². The van der Waals surface area contributed by atoms with Crippen molar-refractivity contribution in [2.75, 3.05) is 0 Å². The first-order valence-electron chi connectivity index (χ1n) is 9.46. The monoisotopic (exact) mass is 430 g/mol. The van der Waals surface area contributed by atoms with E-state index in [-0.39, 0.29) is 11.9 Å². The number of carbonyl (C=O) groups is 1. The minimum absolute atomic E-state index is 0.214. The average molecular weight is 431 g/mol. The molecule has 1 unspecified atom stereocenters. The van der Waals surface area contributed by atoms with Crippen LogP contribution in [0.2, 0.25) is 0 Å². The van der Waals surface area contributed by atoms with Crippen LogP contribution in [0.4, 0.5) is 0 Å². The molecule has 1 atom stereocenters. The van der Waals surface area contributed by atoms with E-state index in [1.54, 1.807) is 16.7 Å². The number of imidazole rings is 1. The molecule has 1 amide bonds. The molecule has 5 nitrogen and oxygen atoms in total. The molecule has 0 spiro atoms. The van der Waals surface area contributed by atoms with E-state index in [0.717, 1.165) is 33.0 Å². The van der Waals surface area contributed by atoms with Gasteiger partial charge in [0.2, 0.25) is 0 Å². The lowest BCUT2D eigenvalue weighted by atomic mass is 10.1. The predicted molar refractivity (Wildman–Crippen MR) is 122 cm³/mol. The lowest BCUT2D eigenvalue weighted by molar-refractivity contribution is 0.0937. The molecule has 1 N–H and O–H groups in total. The Morgan fingerprint density at radius 3 is 2.57 bits per heavy atom. The van der Waals surface area contributed by atoms with Gasteiger partial charge in [0.25, 0.3) is 5.91 Å². The molecule has 0 bridgehead atoms. The van der Waals surface area contributed by atoms with Crippen molar-refractivity contribution < 1.29 is 4.79 Å². The van der Waals surface area contributed by atoms with Crippen LogP contribution in [0.5, 0.6) is 0 Å². The zero-order valence-corrected chi connectivity index (χ0v) is 17.8. The van der Waals surface area contributed by atoms with Crippen molar-refractivity contribution in [3.05, 3.63) is 93.9 Å². The van der Waals surface area contributed by atoms with E-state index in [2.05, 4.69) is 10.3 Å². The van der Waals surface area contributed by atoms with Crippen LogP contribution in [-0.4, -0.2) is 20.4 Å². The molecule has 0 aliphatic rings. The van der Waals surface area contributed by atoms with Gasteiger partial charge in [0.15, 0.2) is 0 Å². The second kappa shape index (κ2) is 7.85. The Labute approximate surface area is 181 Å². The molecule has 5 aromatic rings. The number of rotatable bonds is 5. The van der Waals surface area contributed by atoms with E-state index >= 15 is 0 Å². The van der Waals surface area contributed by atoms with E-state index < -0.39 is 0 Å². The summed E-state index contributed by atoms with van der Waals surface area (Å²) in [5.74, 6) is 0.567.